The number of nitrogens with zero attached hydrogens (tertiary/aromatic N) is 7. The third kappa shape index (κ3) is 10.5. The van der Waals surface area contributed by atoms with Crippen molar-refractivity contribution in [2.24, 2.45) is 0 Å². The van der Waals surface area contributed by atoms with Gasteiger partial charge in [0.25, 0.3) is 0 Å². The van der Waals surface area contributed by atoms with Crippen molar-refractivity contribution in [1.82, 2.24) is 35.1 Å². The average molecular weight is 988 g/mol. The molecule has 5 aromatic rings. The maximum atomic E-state index is 15.1. The Morgan fingerprint density at radius 1 is 0.879 bits per heavy atom. The second-order valence-corrected chi connectivity index (χ2v) is 21.6. The molecule has 0 aliphatic carbocycles. The molecular formula is C48H58BrF2N10O4P. The molecule has 0 unspecified atom stereocenters. The van der Waals surface area contributed by atoms with Gasteiger partial charge in [0.2, 0.25) is 17.8 Å². The molecule has 3 N–H and O–H groups in total. The molecule has 2 aromatic heterocycles. The predicted molar refractivity (Wildman–Crippen MR) is 260 cm³/mol. The minimum Gasteiger partial charge on any atom is -0.492 e. The van der Waals surface area contributed by atoms with Gasteiger partial charge < -0.3 is 29.7 Å². The Morgan fingerprint density at radius 3 is 2.29 bits per heavy atom. The number of hydrogen-bond donors (Lipinski definition) is 3. The third-order valence-electron chi connectivity index (χ3n) is 12.9. The Bertz CT molecular complexity index is 2650. The van der Waals surface area contributed by atoms with E-state index in [2.05, 4.69) is 80.6 Å². The number of fused-ring (bicyclic) bond motifs is 1. The number of anilines is 5. The molecule has 1 atom stereocenters. The highest BCUT2D eigenvalue weighted by atomic mass is 79.9. The second kappa shape index (κ2) is 20.4. The van der Waals surface area contributed by atoms with Crippen molar-refractivity contribution >= 4 is 79.9 Å². The van der Waals surface area contributed by atoms with Crippen molar-refractivity contribution in [3.63, 3.8) is 0 Å². The molecule has 3 aliphatic heterocycles. The van der Waals surface area contributed by atoms with Gasteiger partial charge in [-0.3, -0.25) is 19.8 Å². The SMILES string of the molecule is CCOc1cc(N2CCC(N3CCN(CCc4cc(F)c([C@H]5CCC(=O)NC5=O)c(F)c4)CC3)CC2)c(CC)cc1Nc1ncc(Br)c(Nc2ccc3nc(CC)ncc3c2P(C)(C)=O)n1. The molecular weight excluding hydrogens is 929 g/mol. The number of aromatic nitrogens is 4. The maximum Gasteiger partial charge on any atom is 0.234 e. The minimum atomic E-state index is -2.79. The topological polar surface area (TPSA) is 158 Å². The van der Waals surface area contributed by atoms with Crippen molar-refractivity contribution in [2.45, 2.75) is 77.7 Å². The van der Waals surface area contributed by atoms with Gasteiger partial charge in [0, 0.05) is 105 Å². The first kappa shape index (κ1) is 47.4. The maximum absolute atomic E-state index is 15.1. The van der Waals surface area contributed by atoms with E-state index < -0.39 is 36.5 Å². The lowest BCUT2D eigenvalue weighted by Gasteiger charge is -2.43. The summed E-state index contributed by atoms with van der Waals surface area (Å²) >= 11 is 3.62. The number of carbonyl (C=O) groups is 2. The van der Waals surface area contributed by atoms with Crippen LogP contribution in [0.1, 0.15) is 74.9 Å². The summed E-state index contributed by atoms with van der Waals surface area (Å²) in [5.41, 5.74) is 4.82. The number of nitrogens with one attached hydrogen (secondary N) is 3. The first-order chi connectivity index (χ1) is 31.7. The number of ether oxygens (including phenoxy) is 1. The van der Waals surface area contributed by atoms with Crippen LogP contribution in [0.2, 0.25) is 0 Å². The fourth-order valence-electron chi connectivity index (χ4n) is 9.50. The van der Waals surface area contributed by atoms with Crippen LogP contribution in [0.25, 0.3) is 10.9 Å². The Balaban J connectivity index is 0.886. The molecule has 0 saturated carbocycles. The van der Waals surface area contributed by atoms with Gasteiger partial charge in [-0.2, -0.15) is 4.98 Å². The number of imide groups is 1. The van der Waals surface area contributed by atoms with Crippen molar-refractivity contribution < 1.29 is 27.7 Å². The molecule has 66 heavy (non-hydrogen) atoms. The van der Waals surface area contributed by atoms with E-state index in [4.69, 9.17) is 9.72 Å². The molecule has 8 rings (SSSR count). The van der Waals surface area contributed by atoms with Gasteiger partial charge in [0.1, 0.15) is 36.2 Å². The summed E-state index contributed by atoms with van der Waals surface area (Å²) in [7, 11) is -2.79. The molecule has 14 nitrogen and oxygen atoms in total. The number of aryl methyl sites for hydroxylation is 2. The number of rotatable bonds is 15. The average Bonchev–Trinajstić information content (AvgIpc) is 3.30. The number of piperidine rings is 2. The van der Waals surface area contributed by atoms with Crippen LogP contribution >= 0.6 is 23.1 Å². The smallest absolute Gasteiger partial charge is 0.234 e. The number of amides is 2. The van der Waals surface area contributed by atoms with Gasteiger partial charge in [-0.15, -0.1) is 0 Å². The highest BCUT2D eigenvalue weighted by molar-refractivity contribution is 9.10. The molecule has 3 saturated heterocycles. The molecule has 3 aromatic carbocycles. The Labute approximate surface area is 393 Å². The van der Waals surface area contributed by atoms with Crippen LogP contribution in [0.3, 0.4) is 0 Å². The lowest BCUT2D eigenvalue weighted by atomic mass is 9.89. The summed E-state index contributed by atoms with van der Waals surface area (Å²) < 4.78 is 50.8. The summed E-state index contributed by atoms with van der Waals surface area (Å²) in [6.45, 7) is 16.2. The summed E-state index contributed by atoms with van der Waals surface area (Å²) in [6.07, 6.45) is 7.70. The minimum absolute atomic E-state index is 0.0635. The van der Waals surface area contributed by atoms with Crippen molar-refractivity contribution in [2.75, 3.05) is 81.3 Å². The van der Waals surface area contributed by atoms with Crippen molar-refractivity contribution in [3.05, 3.63) is 87.4 Å². The van der Waals surface area contributed by atoms with Gasteiger partial charge >= 0.3 is 0 Å². The zero-order valence-electron chi connectivity index (χ0n) is 38.2. The van der Waals surface area contributed by atoms with Crippen molar-refractivity contribution in [1.29, 1.82) is 0 Å². The molecule has 0 radical (unpaired) electrons. The van der Waals surface area contributed by atoms with Crippen LogP contribution in [-0.2, 0) is 33.4 Å². The van der Waals surface area contributed by atoms with Crippen LogP contribution in [0.15, 0.2) is 53.3 Å². The predicted octanol–water partition coefficient (Wildman–Crippen LogP) is 8.07. The van der Waals surface area contributed by atoms with Gasteiger partial charge in [-0.05, 0) is 110 Å². The van der Waals surface area contributed by atoms with Gasteiger partial charge in [-0.25, -0.2) is 23.7 Å². The Kier molecular flexibility index (Phi) is 14.7. The van der Waals surface area contributed by atoms with E-state index in [9.17, 15) is 14.2 Å². The first-order valence-corrected chi connectivity index (χ1v) is 26.4. The van der Waals surface area contributed by atoms with Crippen LogP contribution in [-0.4, -0.2) is 113 Å². The summed E-state index contributed by atoms with van der Waals surface area (Å²) in [4.78, 5) is 49.8. The molecule has 3 fully saturated rings. The van der Waals surface area contributed by atoms with Crippen molar-refractivity contribution in [3.8, 4) is 5.75 Å². The van der Waals surface area contributed by atoms with Crippen LogP contribution in [0.5, 0.6) is 5.75 Å². The summed E-state index contributed by atoms with van der Waals surface area (Å²) in [6, 6.07) is 11.2. The summed E-state index contributed by atoms with van der Waals surface area (Å²) in [5, 5.41) is 10.4. The molecule has 2 amide bonds. The molecule has 350 valence electrons. The highest BCUT2D eigenvalue weighted by Gasteiger charge is 2.33. The number of benzene rings is 3. The van der Waals surface area contributed by atoms with E-state index in [1.807, 2.05) is 26.0 Å². The lowest BCUT2D eigenvalue weighted by Crippen LogP contribution is -2.53. The van der Waals surface area contributed by atoms with Crippen LogP contribution < -0.4 is 30.9 Å². The van der Waals surface area contributed by atoms with E-state index in [0.29, 0.717) is 70.6 Å². The second-order valence-electron chi connectivity index (χ2n) is 17.6. The molecule has 3 aliphatic rings. The third-order valence-corrected chi connectivity index (χ3v) is 15.1. The largest absolute Gasteiger partial charge is 0.492 e. The molecule has 5 heterocycles. The zero-order chi connectivity index (χ0) is 46.7. The Morgan fingerprint density at radius 2 is 1.62 bits per heavy atom. The van der Waals surface area contributed by atoms with Crippen LogP contribution in [0.4, 0.5) is 37.6 Å². The van der Waals surface area contributed by atoms with E-state index in [0.717, 1.165) is 86.6 Å². The van der Waals surface area contributed by atoms with E-state index in [-0.39, 0.29) is 18.4 Å². The van der Waals surface area contributed by atoms with E-state index in [1.165, 1.54) is 17.7 Å². The quantitative estimate of drug-likeness (QED) is 0.0684. The van der Waals surface area contributed by atoms with Gasteiger partial charge in [-0.1, -0.05) is 13.8 Å². The standard InChI is InChI=1S/C48H58BrF2N10O4P/c1-6-30-25-39(56-48-53-28-34(49)46(58-48)55-38-11-10-37-33(45(38)66(4,5)64)27-52-42(7-2)54-37)41(65-8-3)26-40(30)61-17-14-31(15-18-61)60-21-19-59(20-22-60)16-13-29-23-35(50)44(36(51)24-29)32-9-12-43(62)57-47(32)63/h10-11,23-28,31-32H,6-9,12-22H2,1-5H3,(H,57,62,63)(H2,53,55,56,58)/t32-/m1/s1. The van der Waals surface area contributed by atoms with Crippen LogP contribution in [0, 0.1) is 11.6 Å². The number of piperazine rings is 1. The normalized spacial score (nSPS) is 17.9. The zero-order valence-corrected chi connectivity index (χ0v) is 40.7. The first-order valence-electron chi connectivity index (χ1n) is 23.0. The van der Waals surface area contributed by atoms with Gasteiger partial charge in [0.05, 0.1) is 33.9 Å². The molecule has 0 spiro atoms. The number of halogens is 3. The van der Waals surface area contributed by atoms with Gasteiger partial charge in [0.15, 0.2) is 0 Å². The summed E-state index contributed by atoms with van der Waals surface area (Å²) in [5.74, 6) is -1.21. The fourth-order valence-corrected chi connectivity index (χ4v) is 11.3. The highest BCUT2D eigenvalue weighted by Crippen LogP contribution is 2.42. The Hall–Kier alpha value is -5.09. The number of carbonyl (C=O) groups excluding carboxylic acids is 2. The fraction of sp³-hybridized carbons (Fsp3) is 0.458. The van der Waals surface area contributed by atoms with E-state index in [1.54, 1.807) is 25.7 Å². The molecule has 18 heteroatoms. The molecule has 0 bridgehead atoms. The van der Waals surface area contributed by atoms with E-state index >= 15 is 8.78 Å². The monoisotopic (exact) mass is 986 g/mol. The lowest BCUT2D eigenvalue weighted by molar-refractivity contribution is -0.134. The number of hydrogen-bond acceptors (Lipinski definition) is 13.